The molecule has 3 aromatic rings. The molecule has 4 rings (SSSR count). The highest BCUT2D eigenvalue weighted by molar-refractivity contribution is 5.79. The maximum atomic E-state index is 10.8. The molecule has 1 aliphatic rings. The summed E-state index contributed by atoms with van der Waals surface area (Å²) in [5.74, 6) is 0.529. The standard InChI is InChI=1S/C20H24N6O7/c1-11-15(27)16(28)19(33-11)25-17-14(24-20(25)21-7-8-31-2)18(23-10-22-17)32-9-12-3-5-13(6-4-12)26(29)30/h3-6,10-11,15-16,19,27-28H,7-9H2,1-2H3,(H,21,24)/t11-,15-,16-,19-/m1/s1. The molecule has 0 unspecified atom stereocenters. The van der Waals surface area contributed by atoms with Gasteiger partial charge in [-0.3, -0.25) is 14.7 Å². The topological polar surface area (TPSA) is 167 Å². The lowest BCUT2D eigenvalue weighted by Gasteiger charge is -2.19. The fourth-order valence-electron chi connectivity index (χ4n) is 3.53. The molecule has 0 radical (unpaired) electrons. The van der Waals surface area contributed by atoms with Crippen LogP contribution in [-0.4, -0.2) is 73.2 Å². The Bertz CT molecular complexity index is 1120. The van der Waals surface area contributed by atoms with Crippen molar-refractivity contribution in [3.05, 3.63) is 46.3 Å². The van der Waals surface area contributed by atoms with Crippen LogP contribution in [-0.2, 0) is 16.1 Å². The van der Waals surface area contributed by atoms with Crippen LogP contribution >= 0.6 is 0 Å². The van der Waals surface area contributed by atoms with Gasteiger partial charge >= 0.3 is 0 Å². The van der Waals surface area contributed by atoms with Crippen LogP contribution in [0.3, 0.4) is 0 Å². The number of anilines is 1. The van der Waals surface area contributed by atoms with Gasteiger partial charge in [0.15, 0.2) is 17.4 Å². The summed E-state index contributed by atoms with van der Waals surface area (Å²) in [6, 6.07) is 5.98. The summed E-state index contributed by atoms with van der Waals surface area (Å²) >= 11 is 0. The van der Waals surface area contributed by atoms with E-state index in [9.17, 15) is 20.3 Å². The van der Waals surface area contributed by atoms with Gasteiger partial charge in [-0.05, 0) is 24.6 Å². The lowest BCUT2D eigenvalue weighted by atomic mass is 10.1. The van der Waals surface area contributed by atoms with Crippen molar-refractivity contribution in [2.75, 3.05) is 25.6 Å². The van der Waals surface area contributed by atoms with E-state index in [0.717, 1.165) is 0 Å². The molecule has 13 heteroatoms. The molecule has 0 amide bonds. The number of hydrogen-bond donors (Lipinski definition) is 3. The number of fused-ring (bicyclic) bond motifs is 1. The number of methoxy groups -OCH3 is 1. The highest BCUT2D eigenvalue weighted by Crippen LogP contribution is 2.35. The Morgan fingerprint density at radius 1 is 1.24 bits per heavy atom. The third kappa shape index (κ3) is 4.57. The average molecular weight is 460 g/mol. The maximum absolute atomic E-state index is 10.8. The van der Waals surface area contributed by atoms with E-state index in [4.69, 9.17) is 14.2 Å². The molecule has 176 valence electrons. The second-order valence-corrected chi connectivity index (χ2v) is 7.50. The van der Waals surface area contributed by atoms with Crippen LogP contribution in [0.2, 0.25) is 0 Å². The van der Waals surface area contributed by atoms with Crippen molar-refractivity contribution in [3.8, 4) is 5.88 Å². The van der Waals surface area contributed by atoms with Gasteiger partial charge in [0.05, 0.1) is 17.6 Å². The van der Waals surface area contributed by atoms with E-state index in [2.05, 4.69) is 20.3 Å². The maximum Gasteiger partial charge on any atom is 0.269 e. The van der Waals surface area contributed by atoms with E-state index in [0.29, 0.717) is 35.8 Å². The molecule has 1 aliphatic heterocycles. The first-order valence-electron chi connectivity index (χ1n) is 10.2. The number of aliphatic hydroxyl groups excluding tert-OH is 2. The summed E-state index contributed by atoms with van der Waals surface area (Å²) < 4.78 is 18.2. The summed E-state index contributed by atoms with van der Waals surface area (Å²) in [5.41, 5.74) is 1.36. The van der Waals surface area contributed by atoms with Gasteiger partial charge in [0.25, 0.3) is 5.69 Å². The fourth-order valence-corrected chi connectivity index (χ4v) is 3.53. The summed E-state index contributed by atoms with van der Waals surface area (Å²) in [7, 11) is 1.57. The van der Waals surface area contributed by atoms with Crippen molar-refractivity contribution in [2.24, 2.45) is 0 Å². The van der Waals surface area contributed by atoms with Crippen molar-refractivity contribution in [1.82, 2.24) is 19.5 Å². The molecule has 13 nitrogen and oxygen atoms in total. The molecule has 0 aliphatic carbocycles. The van der Waals surface area contributed by atoms with Crippen LogP contribution < -0.4 is 10.1 Å². The Balaban J connectivity index is 1.65. The van der Waals surface area contributed by atoms with Crippen LogP contribution in [0.1, 0.15) is 18.7 Å². The quantitative estimate of drug-likeness (QED) is 0.237. The predicted molar refractivity (Wildman–Crippen MR) is 115 cm³/mol. The third-order valence-corrected chi connectivity index (χ3v) is 5.29. The van der Waals surface area contributed by atoms with Gasteiger partial charge in [-0.25, -0.2) is 9.97 Å². The van der Waals surface area contributed by atoms with Gasteiger partial charge in [-0.1, -0.05) is 0 Å². The highest BCUT2D eigenvalue weighted by atomic mass is 16.6. The van der Waals surface area contributed by atoms with Crippen molar-refractivity contribution in [3.63, 3.8) is 0 Å². The fraction of sp³-hybridized carbons (Fsp3) is 0.450. The van der Waals surface area contributed by atoms with Crippen molar-refractivity contribution in [2.45, 2.75) is 38.1 Å². The van der Waals surface area contributed by atoms with Crippen LogP contribution in [0.25, 0.3) is 11.2 Å². The van der Waals surface area contributed by atoms with Gasteiger partial charge < -0.3 is 29.7 Å². The Kier molecular flexibility index (Phi) is 6.65. The van der Waals surface area contributed by atoms with Gasteiger partial charge in [-0.15, -0.1) is 0 Å². The number of hydrogen-bond acceptors (Lipinski definition) is 11. The first-order valence-corrected chi connectivity index (χ1v) is 10.2. The lowest BCUT2D eigenvalue weighted by Crippen LogP contribution is -2.31. The smallest absolute Gasteiger partial charge is 0.269 e. The molecular formula is C20H24N6O7. The Hall–Kier alpha value is -3.39. The lowest BCUT2D eigenvalue weighted by molar-refractivity contribution is -0.384. The van der Waals surface area contributed by atoms with E-state index < -0.39 is 29.5 Å². The molecule has 33 heavy (non-hydrogen) atoms. The van der Waals surface area contributed by atoms with Gasteiger partial charge in [0.1, 0.15) is 25.1 Å². The molecule has 3 heterocycles. The van der Waals surface area contributed by atoms with Gasteiger partial charge in [0, 0.05) is 25.8 Å². The molecule has 2 aromatic heterocycles. The molecule has 0 bridgehead atoms. The minimum absolute atomic E-state index is 0.0137. The largest absolute Gasteiger partial charge is 0.471 e. The molecule has 1 saturated heterocycles. The van der Waals surface area contributed by atoms with Gasteiger partial charge in [0.2, 0.25) is 11.8 Å². The monoisotopic (exact) mass is 460 g/mol. The number of ether oxygens (including phenoxy) is 3. The summed E-state index contributed by atoms with van der Waals surface area (Å²) in [6.45, 7) is 2.60. The van der Waals surface area contributed by atoms with Crippen LogP contribution in [0.5, 0.6) is 5.88 Å². The number of nitrogens with zero attached hydrogens (tertiary/aromatic N) is 5. The van der Waals surface area contributed by atoms with Crippen LogP contribution in [0.4, 0.5) is 11.6 Å². The number of non-ortho nitro benzene ring substituents is 1. The summed E-state index contributed by atoms with van der Waals surface area (Å²) in [4.78, 5) is 23.4. The summed E-state index contributed by atoms with van der Waals surface area (Å²) in [6.07, 6.45) is -2.48. The van der Waals surface area contributed by atoms with Crippen LogP contribution in [0, 0.1) is 10.1 Å². The molecule has 1 fully saturated rings. The number of nitro benzene ring substituents is 1. The zero-order valence-electron chi connectivity index (χ0n) is 18.0. The normalized spacial score (nSPS) is 22.5. The van der Waals surface area contributed by atoms with E-state index in [-0.39, 0.29) is 18.2 Å². The van der Waals surface area contributed by atoms with Crippen molar-refractivity contribution >= 4 is 22.8 Å². The minimum atomic E-state index is -1.19. The SMILES string of the molecule is COCCNc1nc2c(OCc3ccc([N+](=O)[O-])cc3)ncnc2n1[C@@H]1O[C@H](C)[C@@H](O)[C@H]1O. The number of imidazole rings is 1. The second kappa shape index (κ2) is 9.62. The number of nitro groups is 1. The van der Waals surface area contributed by atoms with Crippen molar-refractivity contribution < 1.29 is 29.3 Å². The molecule has 1 aromatic carbocycles. The van der Waals surface area contributed by atoms with Crippen LogP contribution in [0.15, 0.2) is 30.6 Å². The van der Waals surface area contributed by atoms with E-state index >= 15 is 0 Å². The number of aromatic nitrogens is 4. The molecule has 3 N–H and O–H groups in total. The molecule has 4 atom stereocenters. The average Bonchev–Trinajstić information content (AvgIpc) is 3.30. The predicted octanol–water partition coefficient (Wildman–Crippen LogP) is 1.01. The number of aliphatic hydroxyl groups is 2. The molecule has 0 saturated carbocycles. The van der Waals surface area contributed by atoms with Crippen molar-refractivity contribution in [1.29, 1.82) is 0 Å². The van der Waals surface area contributed by atoms with E-state index in [1.54, 1.807) is 30.7 Å². The molecule has 0 spiro atoms. The van der Waals surface area contributed by atoms with E-state index in [1.165, 1.54) is 18.5 Å². The Morgan fingerprint density at radius 3 is 2.64 bits per heavy atom. The zero-order valence-corrected chi connectivity index (χ0v) is 18.0. The van der Waals surface area contributed by atoms with E-state index in [1.807, 2.05) is 0 Å². The molecular weight excluding hydrogens is 436 g/mol. The first-order chi connectivity index (χ1) is 15.9. The third-order valence-electron chi connectivity index (χ3n) is 5.29. The Morgan fingerprint density at radius 2 is 2.00 bits per heavy atom. The Labute approximate surface area is 188 Å². The number of rotatable bonds is 9. The first kappa shape index (κ1) is 22.8. The number of nitrogens with one attached hydrogen (secondary N) is 1. The second-order valence-electron chi connectivity index (χ2n) is 7.50. The number of benzene rings is 1. The minimum Gasteiger partial charge on any atom is -0.471 e. The zero-order chi connectivity index (χ0) is 23.5. The summed E-state index contributed by atoms with van der Waals surface area (Å²) in [5, 5.41) is 34.7. The highest BCUT2D eigenvalue weighted by Gasteiger charge is 2.43. The van der Waals surface area contributed by atoms with Gasteiger partial charge in [-0.2, -0.15) is 4.98 Å².